The summed E-state index contributed by atoms with van der Waals surface area (Å²) in [4.78, 5) is 36.3. The summed E-state index contributed by atoms with van der Waals surface area (Å²) in [6.45, 7) is 0.532. The third kappa shape index (κ3) is 1.59. The number of imide groups is 1. The zero-order chi connectivity index (χ0) is 12.7. The van der Waals surface area contributed by atoms with Crippen molar-refractivity contribution in [2.75, 3.05) is 13.2 Å². The number of fused-ring (bicyclic) bond motifs is 1. The van der Waals surface area contributed by atoms with Crippen LogP contribution in [0.25, 0.3) is 0 Å². The van der Waals surface area contributed by atoms with Gasteiger partial charge in [-0.2, -0.15) is 0 Å². The number of cyclic esters (lactones) is 1. The molecule has 0 aliphatic carbocycles. The van der Waals surface area contributed by atoms with Crippen molar-refractivity contribution < 1.29 is 19.1 Å². The summed E-state index contributed by atoms with van der Waals surface area (Å²) < 4.78 is 4.84. The molecule has 0 bridgehead atoms. The first-order chi connectivity index (χ1) is 8.66. The standard InChI is InChI=1S/C13H11NO4/c15-11-5-8(7-18-11)6-14-12(16)9-3-1-2-4-10(9)13(14)17/h1-4,8H,5-7H2/t8-/m0/s1. The molecule has 1 atom stereocenters. The highest BCUT2D eigenvalue weighted by Gasteiger charge is 2.38. The molecule has 18 heavy (non-hydrogen) atoms. The van der Waals surface area contributed by atoms with Crippen molar-refractivity contribution in [3.63, 3.8) is 0 Å². The van der Waals surface area contributed by atoms with Crippen LogP contribution in [0, 0.1) is 5.92 Å². The molecule has 0 unspecified atom stereocenters. The van der Waals surface area contributed by atoms with E-state index in [1.807, 2.05) is 0 Å². The molecule has 2 aliphatic rings. The molecule has 2 aliphatic heterocycles. The minimum atomic E-state index is -0.282. The van der Waals surface area contributed by atoms with Crippen LogP contribution >= 0.6 is 0 Å². The van der Waals surface area contributed by atoms with E-state index in [0.717, 1.165) is 0 Å². The lowest BCUT2D eigenvalue weighted by Crippen LogP contribution is -2.34. The molecule has 1 aromatic carbocycles. The number of carbonyl (C=O) groups is 3. The lowest BCUT2D eigenvalue weighted by Gasteiger charge is -2.16. The third-order valence-electron chi connectivity index (χ3n) is 3.25. The van der Waals surface area contributed by atoms with Crippen molar-refractivity contribution in [2.45, 2.75) is 6.42 Å². The van der Waals surface area contributed by atoms with Crippen LogP contribution < -0.4 is 0 Å². The molecule has 0 saturated carbocycles. The minimum Gasteiger partial charge on any atom is -0.465 e. The fraction of sp³-hybridized carbons (Fsp3) is 0.308. The predicted molar refractivity (Wildman–Crippen MR) is 60.9 cm³/mol. The van der Waals surface area contributed by atoms with Crippen LogP contribution in [0.5, 0.6) is 0 Å². The van der Waals surface area contributed by atoms with Gasteiger partial charge in [0.15, 0.2) is 0 Å². The molecule has 2 amide bonds. The minimum absolute atomic E-state index is 0.0836. The lowest BCUT2D eigenvalue weighted by molar-refractivity contribution is -0.137. The summed E-state index contributed by atoms with van der Waals surface area (Å²) in [7, 11) is 0. The molecule has 0 N–H and O–H groups in total. The maximum Gasteiger partial charge on any atom is 0.306 e. The summed E-state index contributed by atoms with van der Waals surface area (Å²) in [5.74, 6) is -0.916. The van der Waals surface area contributed by atoms with Gasteiger partial charge in [0.2, 0.25) is 0 Å². The Balaban J connectivity index is 1.82. The fourth-order valence-electron chi connectivity index (χ4n) is 2.34. The van der Waals surface area contributed by atoms with Crippen LogP contribution in [0.4, 0.5) is 0 Å². The Morgan fingerprint density at radius 2 is 1.72 bits per heavy atom. The second-order valence-electron chi connectivity index (χ2n) is 4.52. The number of ether oxygens (including phenoxy) is 1. The number of hydrogen-bond acceptors (Lipinski definition) is 4. The predicted octanol–water partition coefficient (Wildman–Crippen LogP) is 0.846. The molecule has 92 valence electrons. The zero-order valence-corrected chi connectivity index (χ0v) is 9.59. The average molecular weight is 245 g/mol. The highest BCUT2D eigenvalue weighted by atomic mass is 16.5. The first-order valence-corrected chi connectivity index (χ1v) is 5.77. The molecule has 0 radical (unpaired) electrons. The monoisotopic (exact) mass is 245 g/mol. The maximum atomic E-state index is 12.1. The summed E-state index contributed by atoms with van der Waals surface area (Å²) in [5.41, 5.74) is 0.875. The summed E-state index contributed by atoms with van der Waals surface area (Å²) in [6, 6.07) is 6.75. The highest BCUT2D eigenvalue weighted by Crippen LogP contribution is 2.25. The Labute approximate surface area is 103 Å². The van der Waals surface area contributed by atoms with E-state index in [1.165, 1.54) is 4.90 Å². The Hall–Kier alpha value is -2.17. The molecule has 0 aromatic heterocycles. The largest absolute Gasteiger partial charge is 0.465 e. The number of benzene rings is 1. The van der Waals surface area contributed by atoms with Gasteiger partial charge < -0.3 is 4.74 Å². The molecule has 0 spiro atoms. The second kappa shape index (κ2) is 3.94. The molecule has 2 heterocycles. The van der Waals surface area contributed by atoms with Crippen LogP contribution in [0.3, 0.4) is 0 Å². The van der Waals surface area contributed by atoms with Crippen molar-refractivity contribution >= 4 is 17.8 Å². The van der Waals surface area contributed by atoms with Gasteiger partial charge in [-0.05, 0) is 12.1 Å². The fourth-order valence-corrected chi connectivity index (χ4v) is 2.34. The molecular formula is C13H11NO4. The third-order valence-corrected chi connectivity index (χ3v) is 3.25. The van der Waals surface area contributed by atoms with Gasteiger partial charge in [0.05, 0.1) is 24.2 Å². The quantitative estimate of drug-likeness (QED) is 0.572. The van der Waals surface area contributed by atoms with Gasteiger partial charge >= 0.3 is 5.97 Å². The van der Waals surface area contributed by atoms with E-state index in [0.29, 0.717) is 11.1 Å². The number of amides is 2. The van der Waals surface area contributed by atoms with Gasteiger partial charge in [0.1, 0.15) is 0 Å². The molecule has 1 aromatic rings. The van der Waals surface area contributed by atoms with Gasteiger partial charge in [-0.15, -0.1) is 0 Å². The van der Waals surface area contributed by atoms with E-state index in [1.54, 1.807) is 24.3 Å². The summed E-state index contributed by atoms with van der Waals surface area (Å²) >= 11 is 0. The van der Waals surface area contributed by atoms with Gasteiger partial charge in [0, 0.05) is 12.5 Å². The van der Waals surface area contributed by atoms with Crippen LogP contribution in [0.15, 0.2) is 24.3 Å². The van der Waals surface area contributed by atoms with E-state index >= 15 is 0 Å². The van der Waals surface area contributed by atoms with Gasteiger partial charge in [0.25, 0.3) is 11.8 Å². The Morgan fingerprint density at radius 1 is 1.11 bits per heavy atom. The van der Waals surface area contributed by atoms with E-state index in [-0.39, 0.29) is 43.3 Å². The smallest absolute Gasteiger partial charge is 0.306 e. The number of nitrogens with zero attached hydrogens (tertiary/aromatic N) is 1. The van der Waals surface area contributed by atoms with E-state index < -0.39 is 0 Å². The van der Waals surface area contributed by atoms with Gasteiger partial charge in [-0.1, -0.05) is 12.1 Å². The van der Waals surface area contributed by atoms with Gasteiger partial charge in [-0.25, -0.2) is 0 Å². The van der Waals surface area contributed by atoms with Crippen LogP contribution in [0.1, 0.15) is 27.1 Å². The molecule has 1 fully saturated rings. The van der Waals surface area contributed by atoms with Crippen molar-refractivity contribution in [1.29, 1.82) is 0 Å². The van der Waals surface area contributed by atoms with E-state index in [2.05, 4.69) is 0 Å². The summed E-state index contributed by atoms with van der Waals surface area (Å²) in [6.07, 6.45) is 0.271. The van der Waals surface area contributed by atoms with Crippen molar-refractivity contribution in [3.8, 4) is 0 Å². The lowest BCUT2D eigenvalue weighted by atomic mass is 10.1. The second-order valence-corrected chi connectivity index (χ2v) is 4.52. The zero-order valence-electron chi connectivity index (χ0n) is 9.59. The van der Waals surface area contributed by atoms with Crippen molar-refractivity contribution in [2.24, 2.45) is 5.92 Å². The Bertz CT molecular complexity index is 517. The van der Waals surface area contributed by atoms with Crippen LogP contribution in [0.2, 0.25) is 0 Å². The Kier molecular flexibility index (Phi) is 2.40. The molecule has 1 saturated heterocycles. The first-order valence-electron chi connectivity index (χ1n) is 5.77. The summed E-state index contributed by atoms with van der Waals surface area (Å²) in [5, 5.41) is 0. The van der Waals surface area contributed by atoms with Gasteiger partial charge in [-0.3, -0.25) is 19.3 Å². The molecule has 5 heteroatoms. The van der Waals surface area contributed by atoms with Crippen molar-refractivity contribution in [3.05, 3.63) is 35.4 Å². The molecular weight excluding hydrogens is 234 g/mol. The van der Waals surface area contributed by atoms with E-state index in [4.69, 9.17) is 4.74 Å². The first kappa shape index (κ1) is 11.0. The van der Waals surface area contributed by atoms with Crippen LogP contribution in [-0.2, 0) is 9.53 Å². The molecule has 3 rings (SSSR count). The molecule has 5 nitrogen and oxygen atoms in total. The normalized spacial score (nSPS) is 22.3. The van der Waals surface area contributed by atoms with Crippen LogP contribution in [-0.4, -0.2) is 35.8 Å². The van der Waals surface area contributed by atoms with Crippen molar-refractivity contribution in [1.82, 2.24) is 4.90 Å². The maximum absolute atomic E-state index is 12.1. The van der Waals surface area contributed by atoms with E-state index in [9.17, 15) is 14.4 Å². The SMILES string of the molecule is O=C1C[C@@H](CN2C(=O)c3ccccc3C2=O)CO1. The number of esters is 1. The number of hydrogen-bond donors (Lipinski definition) is 0. The highest BCUT2D eigenvalue weighted by molar-refractivity contribution is 6.21. The average Bonchev–Trinajstić information content (AvgIpc) is 2.88. The Morgan fingerprint density at radius 3 is 2.22 bits per heavy atom. The number of carbonyl (C=O) groups excluding carboxylic acids is 3. The topological polar surface area (TPSA) is 63.7 Å². The number of rotatable bonds is 2.